The Kier molecular flexibility index (Phi) is 7.70. The fourth-order valence-corrected chi connectivity index (χ4v) is 4.05. The molecule has 0 saturated heterocycles. The molecule has 0 spiro atoms. The van der Waals surface area contributed by atoms with Crippen molar-refractivity contribution >= 4 is 45.1 Å². The van der Waals surface area contributed by atoms with Gasteiger partial charge in [-0.3, -0.25) is 14.9 Å². The zero-order valence-electron chi connectivity index (χ0n) is 18.0. The molecule has 0 saturated carbocycles. The molecule has 0 radical (unpaired) electrons. The fourth-order valence-electron chi connectivity index (χ4n) is 2.87. The van der Waals surface area contributed by atoms with Crippen molar-refractivity contribution in [3.05, 3.63) is 93.0 Å². The van der Waals surface area contributed by atoms with Crippen molar-refractivity contribution < 1.29 is 27.1 Å². The first-order chi connectivity index (χ1) is 16.7. The summed E-state index contributed by atoms with van der Waals surface area (Å²) in [5, 5.41) is 22.9. The topological polar surface area (TPSA) is 149 Å². The Morgan fingerprint density at radius 2 is 1.86 bits per heavy atom. The van der Waals surface area contributed by atoms with Crippen LogP contribution < -0.4 is 14.2 Å². The molecule has 0 fully saturated rings. The van der Waals surface area contributed by atoms with Gasteiger partial charge >= 0.3 is 10.1 Å². The lowest BCUT2D eigenvalue weighted by Gasteiger charge is -2.13. The van der Waals surface area contributed by atoms with E-state index in [-0.39, 0.29) is 32.7 Å². The van der Waals surface area contributed by atoms with E-state index in [0.717, 1.165) is 12.1 Å². The van der Waals surface area contributed by atoms with E-state index in [4.69, 9.17) is 20.5 Å². The Hall–Kier alpha value is -4.40. The molecular weight excluding hydrogens is 498 g/mol. The number of hydrogen-bond acceptors (Lipinski definition) is 8. The SMILES string of the molecule is COc1cccc(/C=C(\C#N)C(=O)Nc2ccc(Cl)c([N+](=O)[O-])c2)c1OS(=O)(=O)c1ccccc1. The molecule has 10 nitrogen and oxygen atoms in total. The van der Waals surface area contributed by atoms with Gasteiger partial charge in [0.15, 0.2) is 11.5 Å². The average Bonchev–Trinajstić information content (AvgIpc) is 2.84. The molecule has 178 valence electrons. The first-order valence-corrected chi connectivity index (χ1v) is 11.5. The number of carbonyl (C=O) groups excluding carboxylic acids is 1. The van der Waals surface area contributed by atoms with E-state index in [1.165, 1.54) is 61.7 Å². The highest BCUT2D eigenvalue weighted by molar-refractivity contribution is 7.87. The summed E-state index contributed by atoms with van der Waals surface area (Å²) >= 11 is 5.77. The van der Waals surface area contributed by atoms with E-state index in [9.17, 15) is 28.6 Å². The molecule has 12 heteroatoms. The number of hydrogen-bond donors (Lipinski definition) is 1. The molecule has 3 rings (SSSR count). The number of anilines is 1. The Labute approximate surface area is 205 Å². The second-order valence-electron chi connectivity index (χ2n) is 6.78. The molecule has 0 aliphatic heterocycles. The Morgan fingerprint density at radius 3 is 2.49 bits per heavy atom. The van der Waals surface area contributed by atoms with Gasteiger partial charge in [0, 0.05) is 17.3 Å². The van der Waals surface area contributed by atoms with Crippen molar-refractivity contribution in [1.82, 2.24) is 0 Å². The summed E-state index contributed by atoms with van der Waals surface area (Å²) in [4.78, 5) is 22.9. The maximum atomic E-state index is 12.8. The van der Waals surface area contributed by atoms with Crippen LogP contribution in [0.5, 0.6) is 11.5 Å². The number of nitrogens with one attached hydrogen (secondary N) is 1. The quantitative estimate of drug-likeness (QED) is 0.151. The van der Waals surface area contributed by atoms with Crippen LogP contribution in [0.3, 0.4) is 0 Å². The molecule has 0 aliphatic carbocycles. The van der Waals surface area contributed by atoms with Gasteiger partial charge in [-0.05, 0) is 36.4 Å². The zero-order valence-corrected chi connectivity index (χ0v) is 19.5. The van der Waals surface area contributed by atoms with Crippen LogP contribution in [0.2, 0.25) is 5.02 Å². The number of para-hydroxylation sites is 1. The predicted molar refractivity (Wildman–Crippen MR) is 128 cm³/mol. The van der Waals surface area contributed by atoms with Crippen LogP contribution in [0.1, 0.15) is 5.56 Å². The lowest BCUT2D eigenvalue weighted by molar-refractivity contribution is -0.384. The predicted octanol–water partition coefficient (Wildman–Crippen LogP) is 4.57. The van der Waals surface area contributed by atoms with Crippen LogP contribution in [0, 0.1) is 21.4 Å². The van der Waals surface area contributed by atoms with Crippen LogP contribution in [0.4, 0.5) is 11.4 Å². The van der Waals surface area contributed by atoms with Gasteiger partial charge in [-0.15, -0.1) is 0 Å². The van der Waals surface area contributed by atoms with Gasteiger partial charge in [-0.1, -0.05) is 41.9 Å². The molecule has 3 aromatic rings. The van der Waals surface area contributed by atoms with Gasteiger partial charge in [0.1, 0.15) is 21.6 Å². The van der Waals surface area contributed by atoms with E-state index < -0.39 is 32.2 Å². The smallest absolute Gasteiger partial charge is 0.339 e. The summed E-state index contributed by atoms with van der Waals surface area (Å²) in [6.07, 6.45) is 1.11. The highest BCUT2D eigenvalue weighted by Gasteiger charge is 2.22. The minimum Gasteiger partial charge on any atom is -0.493 e. The van der Waals surface area contributed by atoms with E-state index in [1.54, 1.807) is 12.1 Å². The van der Waals surface area contributed by atoms with Crippen LogP contribution in [-0.2, 0) is 14.9 Å². The Bertz CT molecular complexity index is 1470. The normalized spacial score (nSPS) is 11.3. The number of rotatable bonds is 8. The van der Waals surface area contributed by atoms with E-state index in [0.29, 0.717) is 0 Å². The number of amides is 1. The van der Waals surface area contributed by atoms with Gasteiger partial charge in [-0.2, -0.15) is 13.7 Å². The van der Waals surface area contributed by atoms with Gasteiger partial charge in [0.25, 0.3) is 11.6 Å². The van der Waals surface area contributed by atoms with Crippen molar-refractivity contribution in [3.63, 3.8) is 0 Å². The molecule has 0 heterocycles. The highest BCUT2D eigenvalue weighted by atomic mass is 35.5. The summed E-state index contributed by atoms with van der Waals surface area (Å²) in [7, 11) is -2.96. The molecule has 35 heavy (non-hydrogen) atoms. The van der Waals surface area contributed by atoms with E-state index >= 15 is 0 Å². The van der Waals surface area contributed by atoms with Crippen molar-refractivity contribution in [2.75, 3.05) is 12.4 Å². The second-order valence-corrected chi connectivity index (χ2v) is 8.73. The Balaban J connectivity index is 1.98. The van der Waals surface area contributed by atoms with Crippen LogP contribution in [0.15, 0.2) is 77.2 Å². The number of halogens is 1. The molecule has 3 aromatic carbocycles. The van der Waals surface area contributed by atoms with Crippen LogP contribution >= 0.6 is 11.6 Å². The largest absolute Gasteiger partial charge is 0.493 e. The van der Waals surface area contributed by atoms with Crippen molar-refractivity contribution in [3.8, 4) is 17.6 Å². The number of nitro benzene ring substituents is 1. The van der Waals surface area contributed by atoms with E-state index in [1.807, 2.05) is 0 Å². The number of nitriles is 1. The number of nitrogens with zero attached hydrogens (tertiary/aromatic N) is 2. The minimum atomic E-state index is -4.27. The molecule has 1 N–H and O–H groups in total. The summed E-state index contributed by atoms with van der Waals surface area (Å²) in [6.45, 7) is 0. The van der Waals surface area contributed by atoms with Crippen molar-refractivity contribution in [2.24, 2.45) is 0 Å². The molecular formula is C23H16ClN3O7S. The molecule has 0 bridgehead atoms. The third kappa shape index (κ3) is 5.94. The number of ether oxygens (including phenoxy) is 1. The summed E-state index contributed by atoms with van der Waals surface area (Å²) < 4.78 is 36.0. The van der Waals surface area contributed by atoms with Gasteiger partial charge in [0.2, 0.25) is 0 Å². The third-order valence-corrected chi connectivity index (χ3v) is 6.08. The molecule has 0 aromatic heterocycles. The monoisotopic (exact) mass is 513 g/mol. The minimum absolute atomic E-state index is 0.0287. The maximum Gasteiger partial charge on any atom is 0.339 e. The Morgan fingerprint density at radius 1 is 1.14 bits per heavy atom. The molecule has 0 aliphatic rings. The molecule has 0 unspecified atom stereocenters. The first kappa shape index (κ1) is 25.2. The lowest BCUT2D eigenvalue weighted by atomic mass is 10.1. The van der Waals surface area contributed by atoms with Crippen LogP contribution in [-0.4, -0.2) is 26.4 Å². The molecule has 0 atom stereocenters. The standard InChI is InChI=1S/C23H16ClN3O7S/c1-33-21-9-5-6-15(22(21)34-35(31,32)18-7-3-2-4-8-18)12-16(14-25)23(28)26-17-10-11-19(24)20(13-17)27(29)30/h2-13H,1H3,(H,26,28)/b16-12+. The fraction of sp³-hybridized carbons (Fsp3) is 0.0435. The first-order valence-electron chi connectivity index (χ1n) is 9.70. The van der Waals surface area contributed by atoms with Gasteiger partial charge < -0.3 is 14.2 Å². The summed E-state index contributed by atoms with van der Waals surface area (Å²) in [5.41, 5.74) is -0.766. The number of nitro groups is 1. The number of methoxy groups -OCH3 is 1. The van der Waals surface area contributed by atoms with Gasteiger partial charge in [0.05, 0.1) is 12.0 Å². The number of carbonyl (C=O) groups is 1. The number of benzene rings is 3. The van der Waals surface area contributed by atoms with Crippen LogP contribution in [0.25, 0.3) is 6.08 Å². The second kappa shape index (κ2) is 10.7. The van der Waals surface area contributed by atoms with Gasteiger partial charge in [-0.25, -0.2) is 0 Å². The van der Waals surface area contributed by atoms with Crippen molar-refractivity contribution in [2.45, 2.75) is 4.90 Å². The lowest BCUT2D eigenvalue weighted by Crippen LogP contribution is -2.14. The third-order valence-electron chi connectivity index (χ3n) is 4.52. The maximum absolute atomic E-state index is 12.8. The molecule has 1 amide bonds. The zero-order chi connectivity index (χ0) is 25.6. The highest BCUT2D eigenvalue weighted by Crippen LogP contribution is 2.35. The van der Waals surface area contributed by atoms with E-state index in [2.05, 4.69) is 5.32 Å². The average molecular weight is 514 g/mol. The van der Waals surface area contributed by atoms with Crippen molar-refractivity contribution in [1.29, 1.82) is 5.26 Å². The summed E-state index contributed by atoms with van der Waals surface area (Å²) in [5.74, 6) is -1.09. The summed E-state index contributed by atoms with van der Waals surface area (Å²) in [6, 6.07) is 17.1.